The van der Waals surface area contributed by atoms with Gasteiger partial charge in [-0.15, -0.1) is 0 Å². The minimum absolute atomic E-state index is 0.0839. The molecule has 19 heavy (non-hydrogen) atoms. The van der Waals surface area contributed by atoms with Gasteiger partial charge in [0, 0.05) is 24.1 Å². The fourth-order valence-electron chi connectivity index (χ4n) is 2.42. The van der Waals surface area contributed by atoms with Crippen molar-refractivity contribution in [3.8, 4) is 0 Å². The maximum atomic E-state index is 5.60. The molecule has 0 aliphatic carbocycles. The molecule has 1 unspecified atom stereocenters. The SMILES string of the molecule is Cc1c(NN)nc(C(C)(C)C)nc1N1CCC(C)C1. The summed E-state index contributed by atoms with van der Waals surface area (Å²) in [6.45, 7) is 12.8. The van der Waals surface area contributed by atoms with Crippen LogP contribution in [0.5, 0.6) is 0 Å². The Morgan fingerprint density at radius 3 is 2.47 bits per heavy atom. The first-order valence-electron chi connectivity index (χ1n) is 6.93. The Kier molecular flexibility index (Phi) is 3.67. The van der Waals surface area contributed by atoms with Crippen molar-refractivity contribution in [3.05, 3.63) is 11.4 Å². The Morgan fingerprint density at radius 2 is 2.00 bits per heavy atom. The number of nitrogens with zero attached hydrogens (tertiary/aromatic N) is 3. The highest BCUT2D eigenvalue weighted by atomic mass is 15.3. The molecular formula is C14H25N5. The molecule has 1 atom stereocenters. The van der Waals surface area contributed by atoms with Gasteiger partial charge in [0.15, 0.2) is 0 Å². The molecule has 2 rings (SSSR count). The molecule has 1 fully saturated rings. The maximum absolute atomic E-state index is 5.60. The molecule has 106 valence electrons. The first-order chi connectivity index (χ1) is 8.82. The van der Waals surface area contributed by atoms with E-state index in [1.54, 1.807) is 0 Å². The first-order valence-corrected chi connectivity index (χ1v) is 6.93. The molecule has 0 saturated carbocycles. The Balaban J connectivity index is 2.47. The third kappa shape index (κ3) is 2.81. The van der Waals surface area contributed by atoms with Gasteiger partial charge in [-0.2, -0.15) is 0 Å². The largest absolute Gasteiger partial charge is 0.356 e. The van der Waals surface area contributed by atoms with Crippen LogP contribution in [0.1, 0.15) is 45.5 Å². The van der Waals surface area contributed by atoms with Crippen molar-refractivity contribution in [2.75, 3.05) is 23.4 Å². The summed E-state index contributed by atoms with van der Waals surface area (Å²) in [4.78, 5) is 11.7. The Bertz CT molecular complexity index is 464. The number of hydrogen-bond acceptors (Lipinski definition) is 5. The molecule has 0 bridgehead atoms. The van der Waals surface area contributed by atoms with E-state index in [0.717, 1.165) is 42.0 Å². The fraction of sp³-hybridized carbons (Fsp3) is 0.714. The number of aromatic nitrogens is 2. The minimum Gasteiger partial charge on any atom is -0.356 e. The topological polar surface area (TPSA) is 67.1 Å². The Hall–Kier alpha value is -1.36. The molecule has 1 aliphatic heterocycles. The molecule has 5 nitrogen and oxygen atoms in total. The number of nitrogens with one attached hydrogen (secondary N) is 1. The van der Waals surface area contributed by atoms with Crippen LogP contribution >= 0.6 is 0 Å². The van der Waals surface area contributed by atoms with E-state index in [1.807, 2.05) is 6.92 Å². The van der Waals surface area contributed by atoms with Gasteiger partial charge in [0.1, 0.15) is 17.5 Å². The number of hydrazine groups is 1. The predicted molar refractivity (Wildman–Crippen MR) is 79.3 cm³/mol. The molecule has 0 amide bonds. The summed E-state index contributed by atoms with van der Waals surface area (Å²) >= 11 is 0. The van der Waals surface area contributed by atoms with Crippen LogP contribution in [0.15, 0.2) is 0 Å². The van der Waals surface area contributed by atoms with Gasteiger partial charge in [-0.1, -0.05) is 27.7 Å². The van der Waals surface area contributed by atoms with E-state index in [-0.39, 0.29) is 5.41 Å². The lowest BCUT2D eigenvalue weighted by atomic mass is 9.95. The van der Waals surface area contributed by atoms with Gasteiger partial charge >= 0.3 is 0 Å². The third-order valence-electron chi connectivity index (χ3n) is 3.65. The van der Waals surface area contributed by atoms with Crippen molar-refractivity contribution in [2.45, 2.75) is 46.5 Å². The highest BCUT2D eigenvalue weighted by Gasteiger charge is 2.26. The second-order valence-corrected chi connectivity index (χ2v) is 6.58. The second-order valence-electron chi connectivity index (χ2n) is 6.58. The van der Waals surface area contributed by atoms with Crippen LogP contribution in [0.3, 0.4) is 0 Å². The van der Waals surface area contributed by atoms with Gasteiger partial charge in [-0.05, 0) is 19.3 Å². The van der Waals surface area contributed by atoms with Crippen LogP contribution in [0.2, 0.25) is 0 Å². The van der Waals surface area contributed by atoms with Crippen molar-refractivity contribution in [1.29, 1.82) is 0 Å². The van der Waals surface area contributed by atoms with Crippen molar-refractivity contribution >= 4 is 11.6 Å². The van der Waals surface area contributed by atoms with Crippen LogP contribution in [0.25, 0.3) is 0 Å². The van der Waals surface area contributed by atoms with Crippen molar-refractivity contribution in [3.63, 3.8) is 0 Å². The van der Waals surface area contributed by atoms with Crippen LogP contribution in [-0.4, -0.2) is 23.1 Å². The van der Waals surface area contributed by atoms with Crippen LogP contribution in [-0.2, 0) is 5.41 Å². The van der Waals surface area contributed by atoms with Gasteiger partial charge < -0.3 is 10.3 Å². The van der Waals surface area contributed by atoms with Crippen molar-refractivity contribution in [1.82, 2.24) is 9.97 Å². The zero-order valence-corrected chi connectivity index (χ0v) is 12.6. The van der Waals surface area contributed by atoms with E-state index in [1.165, 1.54) is 6.42 Å². The summed E-state index contributed by atoms with van der Waals surface area (Å²) in [6, 6.07) is 0. The van der Waals surface area contributed by atoms with E-state index in [0.29, 0.717) is 0 Å². The molecule has 5 heteroatoms. The summed E-state index contributed by atoms with van der Waals surface area (Å²) in [7, 11) is 0. The van der Waals surface area contributed by atoms with Crippen LogP contribution in [0.4, 0.5) is 11.6 Å². The van der Waals surface area contributed by atoms with Crippen LogP contribution in [0, 0.1) is 12.8 Å². The van der Waals surface area contributed by atoms with Gasteiger partial charge in [-0.3, -0.25) is 0 Å². The number of anilines is 2. The molecule has 0 aromatic carbocycles. The van der Waals surface area contributed by atoms with E-state index in [2.05, 4.69) is 43.0 Å². The lowest BCUT2D eigenvalue weighted by Gasteiger charge is -2.25. The van der Waals surface area contributed by atoms with E-state index in [4.69, 9.17) is 10.8 Å². The standard InChI is InChI=1S/C14H25N5/c1-9-6-7-19(8-9)12-10(2)11(18-15)16-13(17-12)14(3,4)5/h9H,6-8,15H2,1-5H3,(H,16,17,18). The summed E-state index contributed by atoms with van der Waals surface area (Å²) < 4.78 is 0. The lowest BCUT2D eigenvalue weighted by Crippen LogP contribution is -2.26. The Labute approximate surface area is 115 Å². The normalized spacial score (nSPS) is 19.9. The zero-order valence-electron chi connectivity index (χ0n) is 12.6. The van der Waals surface area contributed by atoms with Gasteiger partial charge in [0.25, 0.3) is 0 Å². The first kappa shape index (κ1) is 14.1. The molecule has 1 aromatic heterocycles. The van der Waals surface area contributed by atoms with Gasteiger partial charge in [0.2, 0.25) is 0 Å². The fourth-order valence-corrected chi connectivity index (χ4v) is 2.42. The molecule has 1 saturated heterocycles. The minimum atomic E-state index is -0.0839. The molecule has 3 N–H and O–H groups in total. The van der Waals surface area contributed by atoms with Crippen molar-refractivity contribution in [2.24, 2.45) is 11.8 Å². The number of nitrogens with two attached hydrogens (primary N) is 1. The number of nitrogen functional groups attached to an aromatic ring is 1. The highest BCUT2D eigenvalue weighted by molar-refractivity contribution is 5.59. The average molecular weight is 263 g/mol. The number of rotatable bonds is 2. The van der Waals surface area contributed by atoms with Gasteiger partial charge in [0.05, 0.1) is 0 Å². The predicted octanol–water partition coefficient (Wildman–Crippen LogP) is 2.21. The van der Waals surface area contributed by atoms with E-state index < -0.39 is 0 Å². The molecular weight excluding hydrogens is 238 g/mol. The summed E-state index contributed by atoms with van der Waals surface area (Å²) in [5, 5.41) is 0. The summed E-state index contributed by atoms with van der Waals surface area (Å²) in [5.74, 6) is 8.91. The maximum Gasteiger partial charge on any atom is 0.148 e. The second kappa shape index (κ2) is 4.96. The highest BCUT2D eigenvalue weighted by Crippen LogP contribution is 2.30. The number of hydrogen-bond donors (Lipinski definition) is 2. The van der Waals surface area contributed by atoms with Crippen LogP contribution < -0.4 is 16.2 Å². The zero-order chi connectivity index (χ0) is 14.2. The summed E-state index contributed by atoms with van der Waals surface area (Å²) in [6.07, 6.45) is 1.22. The smallest absolute Gasteiger partial charge is 0.148 e. The van der Waals surface area contributed by atoms with E-state index in [9.17, 15) is 0 Å². The van der Waals surface area contributed by atoms with Crippen molar-refractivity contribution < 1.29 is 0 Å². The molecule has 1 aliphatic rings. The lowest BCUT2D eigenvalue weighted by molar-refractivity contribution is 0.544. The van der Waals surface area contributed by atoms with E-state index >= 15 is 0 Å². The molecule has 1 aromatic rings. The van der Waals surface area contributed by atoms with Gasteiger partial charge in [-0.25, -0.2) is 15.8 Å². The quantitative estimate of drug-likeness (QED) is 0.632. The summed E-state index contributed by atoms with van der Waals surface area (Å²) in [5.41, 5.74) is 3.65. The molecule has 0 spiro atoms. The molecule has 0 radical (unpaired) electrons. The monoisotopic (exact) mass is 263 g/mol. The molecule has 2 heterocycles. The Morgan fingerprint density at radius 1 is 1.32 bits per heavy atom. The average Bonchev–Trinajstić information content (AvgIpc) is 2.74. The third-order valence-corrected chi connectivity index (χ3v) is 3.65.